The number of aliphatic carboxylic acids is 1. The van der Waals surface area contributed by atoms with E-state index in [4.69, 9.17) is 5.11 Å². The summed E-state index contributed by atoms with van der Waals surface area (Å²) in [6.07, 6.45) is 0.132. The lowest BCUT2D eigenvalue weighted by Crippen LogP contribution is -2.50. The zero-order chi connectivity index (χ0) is 12.6. The lowest BCUT2D eigenvalue weighted by atomic mass is 9.95. The molecule has 1 aromatic rings. The second-order valence-corrected chi connectivity index (χ2v) is 4.48. The molecule has 1 aromatic heterocycles. The van der Waals surface area contributed by atoms with Crippen molar-refractivity contribution in [2.45, 2.75) is 20.3 Å². The number of carbonyl (C=O) groups is 2. The van der Waals surface area contributed by atoms with E-state index in [0.717, 1.165) is 5.69 Å². The highest BCUT2D eigenvalue weighted by molar-refractivity contribution is 5.96. The minimum Gasteiger partial charge on any atom is -0.481 e. The molecule has 1 aliphatic rings. The molecular weight excluding hydrogens is 222 g/mol. The number of carbonyl (C=O) groups excluding carboxylic acids is 1. The number of likely N-dealkylation sites (tertiary alicyclic amines) is 1. The molecule has 1 fully saturated rings. The van der Waals surface area contributed by atoms with Gasteiger partial charge in [0.25, 0.3) is 5.91 Å². The lowest BCUT2D eigenvalue weighted by Gasteiger charge is -2.38. The van der Waals surface area contributed by atoms with Crippen molar-refractivity contribution >= 4 is 11.9 Å². The summed E-state index contributed by atoms with van der Waals surface area (Å²) in [6.45, 7) is 4.64. The molecule has 0 aromatic carbocycles. The minimum atomic E-state index is -0.808. The second kappa shape index (κ2) is 4.20. The topological polar surface area (TPSA) is 86.3 Å². The number of carboxylic acid groups (broad SMARTS) is 1. The van der Waals surface area contributed by atoms with Crippen molar-refractivity contribution in [2.24, 2.45) is 5.92 Å². The predicted molar refractivity (Wildman–Crippen MR) is 59.7 cm³/mol. The molecule has 17 heavy (non-hydrogen) atoms. The van der Waals surface area contributed by atoms with Crippen LogP contribution in [-0.2, 0) is 4.79 Å². The third kappa shape index (κ3) is 2.15. The van der Waals surface area contributed by atoms with E-state index in [1.54, 1.807) is 11.8 Å². The Hall–Kier alpha value is -1.85. The van der Waals surface area contributed by atoms with Crippen molar-refractivity contribution in [3.63, 3.8) is 0 Å². The first-order valence-electron chi connectivity index (χ1n) is 5.51. The summed E-state index contributed by atoms with van der Waals surface area (Å²) in [4.78, 5) is 24.2. The maximum atomic E-state index is 12.1. The van der Waals surface area contributed by atoms with Gasteiger partial charge in [-0.05, 0) is 13.8 Å². The van der Waals surface area contributed by atoms with Gasteiger partial charge in [-0.1, -0.05) is 0 Å². The zero-order valence-electron chi connectivity index (χ0n) is 9.86. The van der Waals surface area contributed by atoms with Gasteiger partial charge in [-0.15, -0.1) is 0 Å². The Morgan fingerprint density at radius 1 is 1.47 bits per heavy atom. The van der Waals surface area contributed by atoms with Crippen molar-refractivity contribution in [2.75, 3.05) is 13.1 Å². The van der Waals surface area contributed by atoms with Crippen molar-refractivity contribution < 1.29 is 14.7 Å². The molecule has 92 valence electrons. The highest BCUT2D eigenvalue weighted by atomic mass is 16.4. The number of nitrogens with zero attached hydrogens (tertiary/aromatic N) is 2. The average molecular weight is 237 g/mol. The number of H-pyrrole nitrogens is 1. The molecule has 0 aliphatic carbocycles. The highest BCUT2D eigenvalue weighted by Crippen LogP contribution is 2.23. The summed E-state index contributed by atoms with van der Waals surface area (Å²) >= 11 is 0. The Morgan fingerprint density at radius 3 is 2.59 bits per heavy atom. The summed E-state index contributed by atoms with van der Waals surface area (Å²) in [5, 5.41) is 15.4. The van der Waals surface area contributed by atoms with Crippen LogP contribution in [0.2, 0.25) is 0 Å². The molecule has 0 unspecified atom stereocenters. The SMILES string of the molecule is Cc1n[nH]c(C)c1C(=O)N1CC(CC(=O)O)C1. The Morgan fingerprint density at radius 2 is 2.12 bits per heavy atom. The van der Waals surface area contributed by atoms with Crippen LogP contribution in [-0.4, -0.2) is 45.2 Å². The summed E-state index contributed by atoms with van der Waals surface area (Å²) in [5.41, 5.74) is 2.06. The summed E-state index contributed by atoms with van der Waals surface area (Å²) in [5.74, 6) is -0.780. The maximum Gasteiger partial charge on any atom is 0.303 e. The van der Waals surface area contributed by atoms with Crippen LogP contribution in [0.4, 0.5) is 0 Å². The molecule has 1 aliphatic heterocycles. The van der Waals surface area contributed by atoms with Crippen LogP contribution in [0.15, 0.2) is 0 Å². The summed E-state index contributed by atoms with van der Waals surface area (Å²) < 4.78 is 0. The molecule has 0 atom stereocenters. The summed E-state index contributed by atoms with van der Waals surface area (Å²) in [6, 6.07) is 0. The normalized spacial score (nSPS) is 15.8. The van der Waals surface area contributed by atoms with E-state index in [2.05, 4.69) is 10.2 Å². The Bertz CT molecular complexity index is 441. The number of carboxylic acids is 1. The Kier molecular flexibility index (Phi) is 2.87. The van der Waals surface area contributed by atoms with E-state index >= 15 is 0 Å². The number of aromatic amines is 1. The lowest BCUT2D eigenvalue weighted by molar-refractivity contribution is -0.139. The largest absolute Gasteiger partial charge is 0.481 e. The van der Waals surface area contributed by atoms with Crippen LogP contribution < -0.4 is 0 Å². The third-order valence-electron chi connectivity index (χ3n) is 3.05. The van der Waals surface area contributed by atoms with E-state index in [0.29, 0.717) is 24.3 Å². The minimum absolute atomic E-state index is 0.0598. The van der Waals surface area contributed by atoms with E-state index in [-0.39, 0.29) is 18.2 Å². The van der Waals surface area contributed by atoms with Crippen LogP contribution in [0.1, 0.15) is 28.2 Å². The quantitative estimate of drug-likeness (QED) is 0.804. The maximum absolute atomic E-state index is 12.1. The van der Waals surface area contributed by atoms with Gasteiger partial charge < -0.3 is 10.0 Å². The third-order valence-corrected chi connectivity index (χ3v) is 3.05. The van der Waals surface area contributed by atoms with E-state index in [1.807, 2.05) is 6.92 Å². The molecule has 6 heteroatoms. The van der Waals surface area contributed by atoms with E-state index in [1.165, 1.54) is 0 Å². The van der Waals surface area contributed by atoms with Gasteiger partial charge in [-0.25, -0.2) is 0 Å². The van der Waals surface area contributed by atoms with E-state index < -0.39 is 5.97 Å². The van der Waals surface area contributed by atoms with Crippen molar-refractivity contribution in [1.29, 1.82) is 0 Å². The fourth-order valence-electron chi connectivity index (χ4n) is 2.14. The molecule has 1 amide bonds. The molecule has 2 N–H and O–H groups in total. The number of aromatic nitrogens is 2. The molecule has 0 bridgehead atoms. The van der Waals surface area contributed by atoms with Crippen LogP contribution in [0.5, 0.6) is 0 Å². The average Bonchev–Trinajstić information content (AvgIpc) is 2.50. The number of hydrogen-bond donors (Lipinski definition) is 2. The number of rotatable bonds is 3. The van der Waals surface area contributed by atoms with Gasteiger partial charge in [0.2, 0.25) is 0 Å². The van der Waals surface area contributed by atoms with Crippen molar-refractivity contribution in [3.05, 3.63) is 17.0 Å². The van der Waals surface area contributed by atoms with Gasteiger partial charge in [-0.2, -0.15) is 5.10 Å². The van der Waals surface area contributed by atoms with E-state index in [9.17, 15) is 9.59 Å². The van der Waals surface area contributed by atoms with Gasteiger partial charge in [0.15, 0.2) is 0 Å². The first kappa shape index (κ1) is 11.6. The summed E-state index contributed by atoms with van der Waals surface area (Å²) in [7, 11) is 0. The number of nitrogens with one attached hydrogen (secondary N) is 1. The molecule has 1 saturated heterocycles. The first-order valence-corrected chi connectivity index (χ1v) is 5.51. The van der Waals surface area contributed by atoms with Crippen LogP contribution in [0.25, 0.3) is 0 Å². The Labute approximate surface area is 98.6 Å². The molecule has 0 saturated carbocycles. The smallest absolute Gasteiger partial charge is 0.303 e. The van der Waals surface area contributed by atoms with Gasteiger partial charge in [0.1, 0.15) is 0 Å². The molecule has 6 nitrogen and oxygen atoms in total. The van der Waals surface area contributed by atoms with Gasteiger partial charge >= 0.3 is 5.97 Å². The first-order chi connectivity index (χ1) is 7.99. The van der Waals surface area contributed by atoms with Gasteiger partial charge in [-0.3, -0.25) is 14.7 Å². The molecule has 2 rings (SSSR count). The predicted octanol–water partition coefficient (Wildman–Crippen LogP) is 0.573. The van der Waals surface area contributed by atoms with Gasteiger partial charge in [0.05, 0.1) is 17.7 Å². The van der Waals surface area contributed by atoms with Crippen LogP contribution in [0, 0.1) is 19.8 Å². The van der Waals surface area contributed by atoms with Gasteiger partial charge in [0, 0.05) is 24.7 Å². The molecular formula is C11H15N3O3. The number of amides is 1. The molecule has 2 heterocycles. The zero-order valence-corrected chi connectivity index (χ0v) is 9.86. The number of hydrogen-bond acceptors (Lipinski definition) is 3. The van der Waals surface area contributed by atoms with Crippen LogP contribution >= 0.6 is 0 Å². The second-order valence-electron chi connectivity index (χ2n) is 4.48. The fraction of sp³-hybridized carbons (Fsp3) is 0.545. The van der Waals surface area contributed by atoms with Crippen molar-refractivity contribution in [1.82, 2.24) is 15.1 Å². The molecule has 0 spiro atoms. The Balaban J connectivity index is 1.98. The monoisotopic (exact) mass is 237 g/mol. The standard InChI is InChI=1S/C11H15N3O3/c1-6-10(7(2)13-12-6)11(17)14-4-8(5-14)3-9(15)16/h8H,3-5H2,1-2H3,(H,12,13)(H,15,16). The highest BCUT2D eigenvalue weighted by Gasteiger charge is 2.34. The van der Waals surface area contributed by atoms with Crippen molar-refractivity contribution in [3.8, 4) is 0 Å². The van der Waals surface area contributed by atoms with Crippen LogP contribution in [0.3, 0.4) is 0 Å². The molecule has 0 radical (unpaired) electrons. The number of aryl methyl sites for hydroxylation is 2. The fourth-order valence-corrected chi connectivity index (χ4v) is 2.14.